The Morgan fingerprint density at radius 1 is 1.26 bits per heavy atom. The molecule has 0 unspecified atom stereocenters. The highest BCUT2D eigenvalue weighted by atomic mass is 16.5. The number of fused-ring (bicyclic) bond motifs is 1. The number of anilines is 1. The zero-order valence-corrected chi connectivity index (χ0v) is 15.7. The summed E-state index contributed by atoms with van der Waals surface area (Å²) in [5.74, 6) is 1.94. The molecule has 7 heteroatoms. The summed E-state index contributed by atoms with van der Waals surface area (Å²) in [6.07, 6.45) is 4.20. The monoisotopic (exact) mass is 367 g/mol. The van der Waals surface area contributed by atoms with Crippen molar-refractivity contribution in [2.24, 2.45) is 0 Å². The zero-order valence-electron chi connectivity index (χ0n) is 15.7. The van der Waals surface area contributed by atoms with Gasteiger partial charge in [-0.25, -0.2) is 9.97 Å². The number of nitrogens with one attached hydrogen (secondary N) is 2. The molecule has 1 aliphatic heterocycles. The Morgan fingerprint density at radius 2 is 2.00 bits per heavy atom. The highest BCUT2D eigenvalue weighted by Crippen LogP contribution is 2.25. The minimum absolute atomic E-state index is 0.375. The Labute approximate surface area is 158 Å². The van der Waals surface area contributed by atoms with E-state index in [2.05, 4.69) is 42.0 Å². The molecule has 0 amide bonds. The normalized spacial score (nSPS) is 14.5. The van der Waals surface area contributed by atoms with Crippen LogP contribution in [-0.2, 0) is 9.53 Å². The second-order valence-corrected chi connectivity index (χ2v) is 6.39. The first kappa shape index (κ1) is 18.8. The third-order valence-corrected chi connectivity index (χ3v) is 4.73. The number of piperidine rings is 1. The molecule has 0 saturated carbocycles. The molecule has 1 saturated heterocycles. The van der Waals surface area contributed by atoms with Crippen molar-refractivity contribution in [3.63, 3.8) is 0 Å². The number of aromatic amines is 1. The quantitative estimate of drug-likeness (QED) is 0.690. The Balaban J connectivity index is 0.000000481. The Morgan fingerprint density at radius 3 is 2.67 bits per heavy atom. The Kier molecular flexibility index (Phi) is 6.38. The molecule has 0 aliphatic carbocycles. The van der Waals surface area contributed by atoms with Crippen molar-refractivity contribution in [2.75, 3.05) is 32.1 Å². The lowest BCUT2D eigenvalue weighted by atomic mass is 10.1. The standard InChI is InChI=1S/C18H21N5.C2H4O2/c1-19-14-7-10-23(11-8-14)17-12-13(6-9-20-17)18-21-15-4-2-3-5-16(15)22-18;1-4-2-3/h2-6,9,12,14,19H,7-8,10-11H2,1H3,(H,21,22);2H,1H3. The average Bonchev–Trinajstić information content (AvgIpc) is 3.18. The topological polar surface area (TPSA) is 83.1 Å². The van der Waals surface area contributed by atoms with E-state index in [1.165, 1.54) is 7.11 Å². The summed E-state index contributed by atoms with van der Waals surface area (Å²) in [7, 11) is 3.35. The maximum atomic E-state index is 8.95. The van der Waals surface area contributed by atoms with Crippen LogP contribution in [0.4, 0.5) is 5.82 Å². The number of benzene rings is 1. The zero-order chi connectivity index (χ0) is 19.1. The van der Waals surface area contributed by atoms with E-state index in [4.69, 9.17) is 4.79 Å². The predicted molar refractivity (Wildman–Crippen MR) is 107 cm³/mol. The van der Waals surface area contributed by atoms with Gasteiger partial charge in [0.15, 0.2) is 0 Å². The van der Waals surface area contributed by atoms with Gasteiger partial charge in [0.05, 0.1) is 18.1 Å². The lowest BCUT2D eigenvalue weighted by molar-refractivity contribution is -0.126. The van der Waals surface area contributed by atoms with E-state index in [1.807, 2.05) is 37.5 Å². The van der Waals surface area contributed by atoms with Crippen LogP contribution in [-0.4, -0.2) is 54.7 Å². The number of pyridine rings is 1. The first-order chi connectivity index (χ1) is 13.2. The molecular formula is C20H25N5O2. The number of nitrogens with zero attached hydrogens (tertiary/aromatic N) is 3. The molecule has 0 atom stereocenters. The fraction of sp³-hybridized carbons (Fsp3) is 0.350. The maximum Gasteiger partial charge on any atom is 0.292 e. The fourth-order valence-corrected chi connectivity index (χ4v) is 3.23. The molecule has 1 aliphatic rings. The highest BCUT2D eigenvalue weighted by molar-refractivity contribution is 5.79. The van der Waals surface area contributed by atoms with Crippen LogP contribution in [0.15, 0.2) is 42.6 Å². The molecule has 1 fully saturated rings. The Bertz CT molecular complexity index is 838. The number of carbonyl (C=O) groups is 1. The van der Waals surface area contributed by atoms with E-state index in [-0.39, 0.29) is 0 Å². The van der Waals surface area contributed by atoms with Gasteiger partial charge in [-0.3, -0.25) is 4.79 Å². The van der Waals surface area contributed by atoms with Gasteiger partial charge in [-0.1, -0.05) is 12.1 Å². The summed E-state index contributed by atoms with van der Waals surface area (Å²) in [5, 5.41) is 3.37. The minimum Gasteiger partial charge on any atom is -0.471 e. The average molecular weight is 367 g/mol. The number of aromatic nitrogens is 3. The van der Waals surface area contributed by atoms with Crippen LogP contribution < -0.4 is 10.2 Å². The molecule has 0 bridgehead atoms. The predicted octanol–water partition coefficient (Wildman–Crippen LogP) is 2.60. The van der Waals surface area contributed by atoms with Gasteiger partial charge in [-0.15, -0.1) is 0 Å². The van der Waals surface area contributed by atoms with Crippen molar-refractivity contribution in [3.05, 3.63) is 42.6 Å². The van der Waals surface area contributed by atoms with E-state index in [9.17, 15) is 0 Å². The molecule has 0 radical (unpaired) electrons. The summed E-state index contributed by atoms with van der Waals surface area (Å²) in [4.78, 5) is 23.9. The van der Waals surface area contributed by atoms with Crippen LogP contribution in [0.5, 0.6) is 0 Å². The molecular weight excluding hydrogens is 342 g/mol. The molecule has 142 valence electrons. The van der Waals surface area contributed by atoms with Crippen LogP contribution >= 0.6 is 0 Å². The van der Waals surface area contributed by atoms with Crippen LogP contribution in [0.1, 0.15) is 12.8 Å². The number of H-pyrrole nitrogens is 1. The van der Waals surface area contributed by atoms with Crippen molar-refractivity contribution in [2.45, 2.75) is 18.9 Å². The molecule has 27 heavy (non-hydrogen) atoms. The van der Waals surface area contributed by atoms with E-state index >= 15 is 0 Å². The first-order valence-corrected chi connectivity index (χ1v) is 9.05. The molecule has 2 aromatic heterocycles. The van der Waals surface area contributed by atoms with Crippen LogP contribution in [0, 0.1) is 0 Å². The maximum absolute atomic E-state index is 8.95. The number of rotatable bonds is 4. The fourth-order valence-electron chi connectivity index (χ4n) is 3.23. The van der Waals surface area contributed by atoms with Crippen LogP contribution in [0.25, 0.3) is 22.4 Å². The smallest absolute Gasteiger partial charge is 0.292 e. The van der Waals surface area contributed by atoms with Gasteiger partial charge in [0, 0.05) is 30.9 Å². The van der Waals surface area contributed by atoms with Crippen molar-refractivity contribution >= 4 is 23.3 Å². The number of methoxy groups -OCH3 is 1. The van der Waals surface area contributed by atoms with E-state index < -0.39 is 0 Å². The molecule has 1 aromatic carbocycles. The molecule has 7 nitrogen and oxygen atoms in total. The number of carbonyl (C=O) groups excluding carboxylic acids is 1. The molecule has 3 heterocycles. The second-order valence-electron chi connectivity index (χ2n) is 6.39. The third-order valence-electron chi connectivity index (χ3n) is 4.73. The summed E-state index contributed by atoms with van der Waals surface area (Å²) in [6, 6.07) is 12.9. The van der Waals surface area contributed by atoms with Gasteiger partial charge in [0.2, 0.25) is 0 Å². The molecule has 4 rings (SSSR count). The summed E-state index contributed by atoms with van der Waals surface area (Å²) in [6.45, 7) is 2.46. The summed E-state index contributed by atoms with van der Waals surface area (Å²) < 4.78 is 3.86. The molecule has 3 aromatic rings. The molecule has 2 N–H and O–H groups in total. The summed E-state index contributed by atoms with van der Waals surface area (Å²) in [5.41, 5.74) is 3.15. The van der Waals surface area contributed by atoms with E-state index in [0.717, 1.165) is 54.2 Å². The summed E-state index contributed by atoms with van der Waals surface area (Å²) >= 11 is 0. The van der Waals surface area contributed by atoms with Gasteiger partial charge in [0.25, 0.3) is 6.47 Å². The van der Waals surface area contributed by atoms with Crippen LogP contribution in [0.2, 0.25) is 0 Å². The third kappa shape index (κ3) is 4.62. The van der Waals surface area contributed by atoms with Crippen molar-refractivity contribution in [1.29, 1.82) is 0 Å². The Hall–Kier alpha value is -2.93. The van der Waals surface area contributed by atoms with Crippen molar-refractivity contribution in [1.82, 2.24) is 20.3 Å². The number of para-hydroxylation sites is 2. The van der Waals surface area contributed by atoms with E-state index in [1.54, 1.807) is 0 Å². The highest BCUT2D eigenvalue weighted by Gasteiger charge is 2.19. The number of hydrogen-bond donors (Lipinski definition) is 2. The van der Waals surface area contributed by atoms with Gasteiger partial charge in [-0.2, -0.15) is 0 Å². The van der Waals surface area contributed by atoms with E-state index in [0.29, 0.717) is 12.5 Å². The number of imidazole rings is 1. The largest absolute Gasteiger partial charge is 0.471 e. The van der Waals surface area contributed by atoms with Gasteiger partial charge < -0.3 is 19.9 Å². The number of hydrogen-bond acceptors (Lipinski definition) is 6. The van der Waals surface area contributed by atoms with Crippen molar-refractivity contribution < 1.29 is 9.53 Å². The van der Waals surface area contributed by atoms with Crippen molar-refractivity contribution in [3.8, 4) is 11.4 Å². The molecule has 0 spiro atoms. The van der Waals surface area contributed by atoms with Gasteiger partial charge in [0.1, 0.15) is 11.6 Å². The second kappa shape index (κ2) is 9.14. The first-order valence-electron chi connectivity index (χ1n) is 9.05. The SMILES string of the molecule is CNC1CCN(c2cc(-c3nc4ccccc4[nH]3)ccn2)CC1.COC=O. The van der Waals surface area contributed by atoms with Gasteiger partial charge in [-0.05, 0) is 44.2 Å². The van der Waals surface area contributed by atoms with Crippen LogP contribution in [0.3, 0.4) is 0 Å². The minimum atomic E-state index is 0.375. The lowest BCUT2D eigenvalue weighted by Crippen LogP contribution is -2.41. The van der Waals surface area contributed by atoms with Gasteiger partial charge >= 0.3 is 0 Å². The lowest BCUT2D eigenvalue weighted by Gasteiger charge is -2.32. The number of ether oxygens (including phenoxy) is 1.